The molecule has 0 aliphatic carbocycles. The van der Waals surface area contributed by atoms with Crippen molar-refractivity contribution >= 4 is 35.1 Å². The predicted molar refractivity (Wildman–Crippen MR) is 112 cm³/mol. The number of esters is 1. The normalized spacial score (nSPS) is 13.4. The highest BCUT2D eigenvalue weighted by atomic mass is 16.5. The van der Waals surface area contributed by atoms with Crippen molar-refractivity contribution in [3.05, 3.63) is 59.7 Å². The van der Waals surface area contributed by atoms with Gasteiger partial charge in [0.25, 0.3) is 5.91 Å². The Hall–Kier alpha value is -3.48. The molecule has 1 saturated heterocycles. The Morgan fingerprint density at radius 1 is 0.967 bits per heavy atom. The molecule has 3 amide bonds. The van der Waals surface area contributed by atoms with Crippen LogP contribution in [0.5, 0.6) is 0 Å². The SMILES string of the molecule is CCCCc1ccc(NC(=O)COC(=O)c2ccc(N3C(=O)CCC3=O)cc2)cc1. The first-order valence-corrected chi connectivity index (χ1v) is 9.99. The number of imide groups is 1. The van der Waals surface area contributed by atoms with E-state index in [9.17, 15) is 19.2 Å². The van der Waals surface area contributed by atoms with Crippen molar-refractivity contribution in [2.75, 3.05) is 16.8 Å². The van der Waals surface area contributed by atoms with E-state index in [1.54, 1.807) is 0 Å². The fourth-order valence-electron chi connectivity index (χ4n) is 3.16. The molecule has 0 saturated carbocycles. The Kier molecular flexibility index (Phi) is 6.95. The fourth-order valence-corrected chi connectivity index (χ4v) is 3.16. The van der Waals surface area contributed by atoms with Crippen molar-refractivity contribution in [2.45, 2.75) is 39.0 Å². The number of anilines is 2. The quantitative estimate of drug-likeness (QED) is 0.533. The van der Waals surface area contributed by atoms with E-state index in [0.717, 1.165) is 24.2 Å². The molecular formula is C23H24N2O5. The summed E-state index contributed by atoms with van der Waals surface area (Å²) < 4.78 is 5.05. The van der Waals surface area contributed by atoms with E-state index in [-0.39, 0.29) is 30.2 Å². The molecule has 1 fully saturated rings. The average molecular weight is 408 g/mol. The largest absolute Gasteiger partial charge is 0.452 e. The number of benzene rings is 2. The molecule has 7 heteroatoms. The zero-order valence-electron chi connectivity index (χ0n) is 16.8. The van der Waals surface area contributed by atoms with Gasteiger partial charge in [0.15, 0.2) is 6.61 Å². The summed E-state index contributed by atoms with van der Waals surface area (Å²) >= 11 is 0. The highest BCUT2D eigenvalue weighted by Gasteiger charge is 2.30. The molecule has 1 N–H and O–H groups in total. The molecule has 2 aromatic carbocycles. The summed E-state index contributed by atoms with van der Waals surface area (Å²) in [6.07, 6.45) is 3.63. The standard InChI is InChI=1S/C23H24N2O5/c1-2-3-4-16-5-9-18(10-6-16)24-20(26)15-30-23(29)17-7-11-19(12-8-17)25-21(27)13-14-22(25)28/h5-12H,2-4,13-15H2,1H3,(H,24,26). The van der Waals surface area contributed by atoms with Gasteiger partial charge in [-0.3, -0.25) is 19.3 Å². The second-order valence-corrected chi connectivity index (χ2v) is 7.09. The molecule has 1 aliphatic rings. The Labute approximate surface area is 175 Å². The molecule has 0 spiro atoms. The van der Waals surface area contributed by atoms with Crippen LogP contribution in [0, 0.1) is 0 Å². The lowest BCUT2D eigenvalue weighted by Crippen LogP contribution is -2.28. The number of unbranched alkanes of at least 4 members (excludes halogenated alkanes) is 1. The van der Waals surface area contributed by atoms with Crippen LogP contribution >= 0.6 is 0 Å². The predicted octanol–water partition coefficient (Wildman–Crippen LogP) is 3.48. The third-order valence-electron chi connectivity index (χ3n) is 4.80. The van der Waals surface area contributed by atoms with E-state index in [2.05, 4.69) is 12.2 Å². The Morgan fingerprint density at radius 3 is 2.20 bits per heavy atom. The molecule has 0 unspecified atom stereocenters. The first-order chi connectivity index (χ1) is 14.5. The van der Waals surface area contributed by atoms with Crippen LogP contribution in [0.4, 0.5) is 11.4 Å². The van der Waals surface area contributed by atoms with Crippen molar-refractivity contribution in [3.63, 3.8) is 0 Å². The van der Waals surface area contributed by atoms with E-state index < -0.39 is 18.5 Å². The molecule has 1 aliphatic heterocycles. The Morgan fingerprint density at radius 2 is 1.60 bits per heavy atom. The number of nitrogens with one attached hydrogen (secondary N) is 1. The molecule has 0 radical (unpaired) electrons. The third kappa shape index (κ3) is 5.31. The number of carbonyl (C=O) groups is 4. The average Bonchev–Trinajstić information content (AvgIpc) is 3.09. The lowest BCUT2D eigenvalue weighted by atomic mass is 10.1. The molecule has 156 valence electrons. The van der Waals surface area contributed by atoms with Gasteiger partial charge in [-0.05, 0) is 54.8 Å². The molecule has 2 aromatic rings. The minimum atomic E-state index is -0.661. The number of ether oxygens (including phenoxy) is 1. The summed E-state index contributed by atoms with van der Waals surface area (Å²) in [6.45, 7) is 1.72. The first kappa shape index (κ1) is 21.2. The smallest absolute Gasteiger partial charge is 0.338 e. The van der Waals surface area contributed by atoms with Crippen molar-refractivity contribution in [2.24, 2.45) is 0 Å². The van der Waals surface area contributed by atoms with Crippen LogP contribution in [-0.2, 0) is 25.5 Å². The number of amides is 3. The summed E-state index contributed by atoms with van der Waals surface area (Å²) in [4.78, 5) is 48.8. The van der Waals surface area contributed by atoms with E-state index >= 15 is 0 Å². The summed E-state index contributed by atoms with van der Waals surface area (Å²) in [5.41, 5.74) is 2.49. The number of aryl methyl sites for hydroxylation is 1. The highest BCUT2D eigenvalue weighted by Crippen LogP contribution is 2.23. The molecular weight excluding hydrogens is 384 g/mol. The van der Waals surface area contributed by atoms with E-state index in [1.807, 2.05) is 24.3 Å². The second-order valence-electron chi connectivity index (χ2n) is 7.09. The van der Waals surface area contributed by atoms with Gasteiger partial charge in [-0.15, -0.1) is 0 Å². The van der Waals surface area contributed by atoms with Crippen LogP contribution in [0.2, 0.25) is 0 Å². The van der Waals surface area contributed by atoms with Gasteiger partial charge in [0.1, 0.15) is 0 Å². The zero-order valence-corrected chi connectivity index (χ0v) is 16.8. The van der Waals surface area contributed by atoms with Crippen molar-refractivity contribution in [1.29, 1.82) is 0 Å². The number of hydrogen-bond donors (Lipinski definition) is 1. The number of rotatable bonds is 8. The van der Waals surface area contributed by atoms with Gasteiger partial charge in [0.05, 0.1) is 11.3 Å². The van der Waals surface area contributed by atoms with Crippen LogP contribution in [0.3, 0.4) is 0 Å². The molecule has 7 nitrogen and oxygen atoms in total. The maximum absolute atomic E-state index is 12.2. The number of carbonyl (C=O) groups excluding carboxylic acids is 4. The lowest BCUT2D eigenvalue weighted by molar-refractivity contribution is -0.121. The molecule has 30 heavy (non-hydrogen) atoms. The Balaban J connectivity index is 1.49. The Bertz CT molecular complexity index is 919. The number of hydrogen-bond acceptors (Lipinski definition) is 5. The second kappa shape index (κ2) is 9.82. The summed E-state index contributed by atoms with van der Waals surface area (Å²) in [6, 6.07) is 13.5. The van der Waals surface area contributed by atoms with E-state index in [1.165, 1.54) is 29.8 Å². The third-order valence-corrected chi connectivity index (χ3v) is 4.80. The monoisotopic (exact) mass is 408 g/mol. The van der Waals surface area contributed by atoms with Crippen molar-refractivity contribution < 1.29 is 23.9 Å². The maximum atomic E-state index is 12.2. The van der Waals surface area contributed by atoms with E-state index in [4.69, 9.17) is 4.74 Å². The summed E-state index contributed by atoms with van der Waals surface area (Å²) in [5.74, 6) is -1.61. The topological polar surface area (TPSA) is 92.8 Å². The van der Waals surface area contributed by atoms with Crippen LogP contribution in [0.1, 0.15) is 48.5 Å². The van der Waals surface area contributed by atoms with Crippen LogP contribution < -0.4 is 10.2 Å². The van der Waals surface area contributed by atoms with Gasteiger partial charge in [0, 0.05) is 18.5 Å². The summed E-state index contributed by atoms with van der Waals surface area (Å²) in [5, 5.41) is 2.69. The minimum Gasteiger partial charge on any atom is -0.452 e. The van der Waals surface area contributed by atoms with E-state index in [0.29, 0.717) is 11.4 Å². The molecule has 0 aromatic heterocycles. The minimum absolute atomic E-state index is 0.194. The number of nitrogens with zero attached hydrogens (tertiary/aromatic N) is 1. The van der Waals surface area contributed by atoms with Crippen molar-refractivity contribution in [3.8, 4) is 0 Å². The molecule has 3 rings (SSSR count). The first-order valence-electron chi connectivity index (χ1n) is 9.99. The van der Waals surface area contributed by atoms with Gasteiger partial charge in [-0.25, -0.2) is 4.79 Å². The molecule has 0 bridgehead atoms. The lowest BCUT2D eigenvalue weighted by Gasteiger charge is -2.14. The van der Waals surface area contributed by atoms with Gasteiger partial charge < -0.3 is 10.1 Å². The molecule has 1 heterocycles. The van der Waals surface area contributed by atoms with Crippen LogP contribution in [0.15, 0.2) is 48.5 Å². The fraction of sp³-hybridized carbons (Fsp3) is 0.304. The van der Waals surface area contributed by atoms with Crippen molar-refractivity contribution in [1.82, 2.24) is 0 Å². The van der Waals surface area contributed by atoms with Gasteiger partial charge in [0.2, 0.25) is 11.8 Å². The zero-order chi connectivity index (χ0) is 21.5. The van der Waals surface area contributed by atoms with Gasteiger partial charge in [-0.2, -0.15) is 0 Å². The maximum Gasteiger partial charge on any atom is 0.338 e. The highest BCUT2D eigenvalue weighted by molar-refractivity contribution is 6.19. The van der Waals surface area contributed by atoms with Crippen LogP contribution in [0.25, 0.3) is 0 Å². The van der Waals surface area contributed by atoms with Gasteiger partial charge in [-0.1, -0.05) is 25.5 Å². The summed E-state index contributed by atoms with van der Waals surface area (Å²) in [7, 11) is 0. The molecule has 0 atom stereocenters. The van der Waals surface area contributed by atoms with Crippen LogP contribution in [-0.4, -0.2) is 30.3 Å². The van der Waals surface area contributed by atoms with Gasteiger partial charge >= 0.3 is 5.97 Å².